The molecule has 4 nitrogen and oxygen atoms in total. The highest BCUT2D eigenvalue weighted by Crippen LogP contribution is 2.16. The van der Waals surface area contributed by atoms with Gasteiger partial charge in [-0.05, 0) is 44.9 Å². The van der Waals surface area contributed by atoms with Gasteiger partial charge in [0.05, 0.1) is 18.8 Å². The summed E-state index contributed by atoms with van der Waals surface area (Å²) in [5.41, 5.74) is 0. The van der Waals surface area contributed by atoms with E-state index in [0.29, 0.717) is 6.42 Å². The summed E-state index contributed by atoms with van der Waals surface area (Å²) < 4.78 is 0. The third-order valence-electron chi connectivity index (χ3n) is 10.9. The van der Waals surface area contributed by atoms with Crippen LogP contribution < -0.4 is 5.32 Å². The van der Waals surface area contributed by atoms with E-state index in [4.69, 9.17) is 0 Å². The quantitative estimate of drug-likeness (QED) is 0.0432. The molecule has 4 heteroatoms. The van der Waals surface area contributed by atoms with Crippen molar-refractivity contribution in [2.45, 2.75) is 270 Å². The topological polar surface area (TPSA) is 69.6 Å². The average molecular weight is 732 g/mol. The Kier molecular flexibility index (Phi) is 43.3. The van der Waals surface area contributed by atoms with Crippen LogP contribution in [-0.2, 0) is 4.79 Å². The zero-order chi connectivity index (χ0) is 37.8. The fourth-order valence-corrected chi connectivity index (χ4v) is 7.29. The number of allylic oxidation sites excluding steroid dienone is 3. The maximum absolute atomic E-state index is 12.4. The molecule has 0 aromatic rings. The fraction of sp³-hybridized carbons (Fsp3) is 0.896. The second kappa shape index (κ2) is 44.3. The Morgan fingerprint density at radius 2 is 0.731 bits per heavy atom. The van der Waals surface area contributed by atoms with Gasteiger partial charge in [-0.2, -0.15) is 0 Å². The lowest BCUT2D eigenvalue weighted by Gasteiger charge is -2.20. The van der Waals surface area contributed by atoms with Crippen LogP contribution in [0.2, 0.25) is 0 Å². The molecule has 0 heterocycles. The summed E-state index contributed by atoms with van der Waals surface area (Å²) in [5.74, 6) is -0.0638. The molecule has 0 spiro atoms. The fourth-order valence-electron chi connectivity index (χ4n) is 7.29. The number of hydrogen-bond donors (Lipinski definition) is 3. The van der Waals surface area contributed by atoms with Gasteiger partial charge in [0.15, 0.2) is 0 Å². The minimum Gasteiger partial charge on any atom is -0.394 e. The molecule has 308 valence electrons. The van der Waals surface area contributed by atoms with Gasteiger partial charge in [-0.15, -0.1) is 0 Å². The maximum atomic E-state index is 12.4. The predicted octanol–water partition coefficient (Wildman–Crippen LogP) is 14.8. The Morgan fingerprint density at radius 1 is 0.442 bits per heavy atom. The first-order valence-electron chi connectivity index (χ1n) is 23.6. The van der Waals surface area contributed by atoms with Crippen molar-refractivity contribution in [1.29, 1.82) is 0 Å². The van der Waals surface area contributed by atoms with E-state index in [-0.39, 0.29) is 12.5 Å². The summed E-state index contributed by atoms with van der Waals surface area (Å²) in [5, 5.41) is 23.0. The second-order valence-electron chi connectivity index (χ2n) is 16.2. The number of hydrogen-bond acceptors (Lipinski definition) is 3. The van der Waals surface area contributed by atoms with Gasteiger partial charge in [-0.3, -0.25) is 4.79 Å². The molecule has 3 N–H and O–H groups in total. The minimum absolute atomic E-state index is 0.0638. The van der Waals surface area contributed by atoms with Gasteiger partial charge in [0, 0.05) is 6.42 Å². The molecule has 0 fully saturated rings. The molecule has 0 radical (unpaired) electrons. The Labute approximate surface area is 326 Å². The molecule has 0 aromatic carbocycles. The van der Waals surface area contributed by atoms with Gasteiger partial charge in [-0.25, -0.2) is 0 Å². The Hall–Kier alpha value is -1.13. The molecule has 0 saturated heterocycles. The average Bonchev–Trinajstić information content (AvgIpc) is 3.15. The molecular weight excluding hydrogens is 639 g/mol. The van der Waals surface area contributed by atoms with Crippen molar-refractivity contribution in [1.82, 2.24) is 5.32 Å². The lowest BCUT2D eigenvalue weighted by molar-refractivity contribution is -0.123. The molecule has 1 amide bonds. The highest BCUT2D eigenvalue weighted by atomic mass is 16.3. The van der Waals surface area contributed by atoms with Gasteiger partial charge in [0.2, 0.25) is 5.91 Å². The van der Waals surface area contributed by atoms with E-state index in [1.54, 1.807) is 6.08 Å². The zero-order valence-electron chi connectivity index (χ0n) is 35.3. The molecule has 2 unspecified atom stereocenters. The zero-order valence-corrected chi connectivity index (χ0v) is 35.3. The van der Waals surface area contributed by atoms with Crippen molar-refractivity contribution in [3.63, 3.8) is 0 Å². The molecule has 0 rings (SSSR count). The van der Waals surface area contributed by atoms with Crippen molar-refractivity contribution < 1.29 is 15.0 Å². The van der Waals surface area contributed by atoms with Crippen molar-refractivity contribution in [2.24, 2.45) is 0 Å². The number of unbranched alkanes of at least 4 members (excludes halogenated alkanes) is 34. The largest absolute Gasteiger partial charge is 0.394 e. The lowest BCUT2D eigenvalue weighted by Crippen LogP contribution is -2.45. The van der Waals surface area contributed by atoms with E-state index in [9.17, 15) is 15.0 Å². The van der Waals surface area contributed by atoms with Crippen LogP contribution in [0, 0.1) is 0 Å². The normalized spacial score (nSPS) is 13.1. The number of rotatable bonds is 43. The molecule has 0 aliphatic carbocycles. The van der Waals surface area contributed by atoms with Gasteiger partial charge >= 0.3 is 0 Å². The third-order valence-corrected chi connectivity index (χ3v) is 10.9. The maximum Gasteiger partial charge on any atom is 0.220 e. The monoisotopic (exact) mass is 732 g/mol. The van der Waals surface area contributed by atoms with Gasteiger partial charge in [0.25, 0.3) is 0 Å². The molecule has 0 aliphatic rings. The number of nitrogens with one attached hydrogen (secondary N) is 1. The number of carbonyl (C=O) groups is 1. The lowest BCUT2D eigenvalue weighted by atomic mass is 10.0. The van der Waals surface area contributed by atoms with E-state index in [1.807, 2.05) is 6.08 Å². The Balaban J connectivity index is 3.51. The SMILES string of the molecule is CCCCCCCCCCCCCCC=CCCCCCCCCCCCC(=O)NC(CO)C(O)C=CCCCCCCCCCCCCCCC. The van der Waals surface area contributed by atoms with Crippen LogP contribution in [0.3, 0.4) is 0 Å². The van der Waals surface area contributed by atoms with Crippen LogP contribution in [0.15, 0.2) is 24.3 Å². The summed E-state index contributed by atoms with van der Waals surface area (Å²) in [7, 11) is 0. The standard InChI is InChI=1S/C48H93NO3/c1-3-5-7-9-11-13-15-17-19-20-21-22-23-24-25-26-27-28-30-32-34-36-38-40-42-44-48(52)49-46(45-50)47(51)43-41-39-37-35-33-31-29-18-16-14-12-10-8-6-4-2/h24-25,41,43,46-47,50-51H,3-23,26-40,42,44-45H2,1-2H3,(H,49,52). The molecule has 0 aromatic heterocycles. The van der Waals surface area contributed by atoms with Crippen molar-refractivity contribution in [3.05, 3.63) is 24.3 Å². The van der Waals surface area contributed by atoms with Crippen LogP contribution in [0.25, 0.3) is 0 Å². The first-order valence-corrected chi connectivity index (χ1v) is 23.6. The highest BCUT2D eigenvalue weighted by molar-refractivity contribution is 5.76. The number of aliphatic hydroxyl groups is 2. The molecule has 52 heavy (non-hydrogen) atoms. The van der Waals surface area contributed by atoms with Crippen molar-refractivity contribution >= 4 is 5.91 Å². The summed E-state index contributed by atoms with van der Waals surface area (Å²) in [6.45, 7) is 4.32. The summed E-state index contributed by atoms with van der Waals surface area (Å²) in [4.78, 5) is 12.4. The van der Waals surface area contributed by atoms with E-state index >= 15 is 0 Å². The van der Waals surface area contributed by atoms with Crippen LogP contribution in [0.1, 0.15) is 258 Å². The third kappa shape index (κ3) is 40.1. The highest BCUT2D eigenvalue weighted by Gasteiger charge is 2.17. The summed E-state index contributed by atoms with van der Waals surface area (Å²) in [6, 6.07) is -0.620. The Bertz CT molecular complexity index is 750. The van der Waals surface area contributed by atoms with E-state index in [0.717, 1.165) is 25.7 Å². The van der Waals surface area contributed by atoms with Gasteiger partial charge < -0.3 is 15.5 Å². The van der Waals surface area contributed by atoms with Crippen LogP contribution in [-0.4, -0.2) is 34.9 Å². The van der Waals surface area contributed by atoms with Gasteiger partial charge in [-0.1, -0.05) is 231 Å². The second-order valence-corrected chi connectivity index (χ2v) is 16.2. The van der Waals surface area contributed by atoms with E-state index in [2.05, 4.69) is 31.3 Å². The number of aliphatic hydroxyl groups excluding tert-OH is 2. The Morgan fingerprint density at radius 3 is 1.06 bits per heavy atom. The van der Waals surface area contributed by atoms with Crippen LogP contribution >= 0.6 is 0 Å². The van der Waals surface area contributed by atoms with E-state index < -0.39 is 12.1 Å². The first-order chi connectivity index (χ1) is 25.7. The molecule has 0 aliphatic heterocycles. The van der Waals surface area contributed by atoms with Crippen LogP contribution in [0.5, 0.6) is 0 Å². The predicted molar refractivity (Wildman–Crippen MR) is 230 cm³/mol. The summed E-state index contributed by atoms with van der Waals surface area (Å²) in [6.07, 6.45) is 57.3. The smallest absolute Gasteiger partial charge is 0.220 e. The molecule has 0 bridgehead atoms. The van der Waals surface area contributed by atoms with Crippen molar-refractivity contribution in [3.8, 4) is 0 Å². The van der Waals surface area contributed by atoms with E-state index in [1.165, 1.54) is 212 Å². The van der Waals surface area contributed by atoms with Gasteiger partial charge in [0.1, 0.15) is 0 Å². The molecule has 2 atom stereocenters. The number of carbonyl (C=O) groups excluding carboxylic acids is 1. The molecule has 0 saturated carbocycles. The molecular formula is C48H93NO3. The number of amides is 1. The first kappa shape index (κ1) is 50.9. The van der Waals surface area contributed by atoms with Crippen LogP contribution in [0.4, 0.5) is 0 Å². The summed E-state index contributed by atoms with van der Waals surface area (Å²) >= 11 is 0. The minimum atomic E-state index is -0.837. The van der Waals surface area contributed by atoms with Crippen molar-refractivity contribution in [2.75, 3.05) is 6.61 Å².